The van der Waals surface area contributed by atoms with E-state index in [4.69, 9.17) is 5.11 Å². The van der Waals surface area contributed by atoms with E-state index in [0.717, 1.165) is 12.5 Å². The Morgan fingerprint density at radius 1 is 1.36 bits per heavy atom. The Kier molecular flexibility index (Phi) is 6.12. The maximum absolute atomic E-state index is 10.7. The van der Waals surface area contributed by atoms with E-state index >= 15 is 0 Å². The molecule has 0 aliphatic carbocycles. The Balaban J connectivity index is 1.69. The average Bonchev–Trinajstić information content (AvgIpc) is 2.52. The van der Waals surface area contributed by atoms with Gasteiger partial charge in [0.15, 0.2) is 5.69 Å². The molecular formula is C16H26N4O2. The highest BCUT2D eigenvalue weighted by atomic mass is 16.4. The lowest BCUT2D eigenvalue weighted by Gasteiger charge is -2.32. The first-order valence-electron chi connectivity index (χ1n) is 8.06. The molecule has 0 spiro atoms. The summed E-state index contributed by atoms with van der Waals surface area (Å²) < 4.78 is 0. The van der Waals surface area contributed by atoms with E-state index in [1.54, 1.807) is 0 Å². The molecular weight excluding hydrogens is 280 g/mol. The van der Waals surface area contributed by atoms with E-state index in [2.05, 4.69) is 34.0 Å². The third-order valence-electron chi connectivity index (χ3n) is 4.17. The summed E-state index contributed by atoms with van der Waals surface area (Å²) in [5.74, 6) is 1.02. The van der Waals surface area contributed by atoms with Crippen molar-refractivity contribution in [3.63, 3.8) is 0 Å². The van der Waals surface area contributed by atoms with Gasteiger partial charge in [0.1, 0.15) is 5.82 Å². The van der Waals surface area contributed by atoms with Gasteiger partial charge in [0.05, 0.1) is 12.4 Å². The normalized spacial score (nSPS) is 16.9. The van der Waals surface area contributed by atoms with Crippen molar-refractivity contribution in [1.29, 1.82) is 0 Å². The largest absolute Gasteiger partial charge is 0.476 e. The van der Waals surface area contributed by atoms with Crippen LogP contribution in [0.2, 0.25) is 0 Å². The second-order valence-electron chi connectivity index (χ2n) is 6.44. The van der Waals surface area contributed by atoms with Crippen LogP contribution in [0.15, 0.2) is 12.4 Å². The van der Waals surface area contributed by atoms with Crippen molar-refractivity contribution in [2.45, 2.75) is 33.1 Å². The molecule has 1 aromatic rings. The van der Waals surface area contributed by atoms with Gasteiger partial charge < -0.3 is 15.3 Å². The highest BCUT2D eigenvalue weighted by molar-refractivity contribution is 5.84. The summed E-state index contributed by atoms with van der Waals surface area (Å²) in [7, 11) is 0. The van der Waals surface area contributed by atoms with Crippen molar-refractivity contribution in [2.75, 3.05) is 31.5 Å². The standard InChI is InChI=1S/C16H26N4O2/c1-12(2)3-6-20-7-4-13(5-8-20)9-18-15-11-17-14(10-19-15)16(21)22/h10-13H,3-9H2,1-2H3,(H,18,19)(H,21,22). The van der Waals surface area contributed by atoms with Crippen molar-refractivity contribution in [2.24, 2.45) is 11.8 Å². The van der Waals surface area contributed by atoms with Gasteiger partial charge in [0.25, 0.3) is 0 Å². The molecule has 2 N–H and O–H groups in total. The number of anilines is 1. The van der Waals surface area contributed by atoms with Gasteiger partial charge >= 0.3 is 5.97 Å². The first kappa shape index (κ1) is 16.7. The molecule has 22 heavy (non-hydrogen) atoms. The Morgan fingerprint density at radius 2 is 2.09 bits per heavy atom. The number of aromatic carboxylic acids is 1. The molecule has 0 amide bonds. The number of carboxylic acid groups (broad SMARTS) is 1. The van der Waals surface area contributed by atoms with E-state index in [1.807, 2.05) is 0 Å². The first-order valence-corrected chi connectivity index (χ1v) is 8.06. The van der Waals surface area contributed by atoms with Gasteiger partial charge in [-0.05, 0) is 50.7 Å². The van der Waals surface area contributed by atoms with Crippen molar-refractivity contribution in [3.8, 4) is 0 Å². The van der Waals surface area contributed by atoms with Crippen molar-refractivity contribution < 1.29 is 9.90 Å². The zero-order valence-electron chi connectivity index (χ0n) is 13.5. The smallest absolute Gasteiger partial charge is 0.356 e. The number of hydrogen-bond donors (Lipinski definition) is 2. The van der Waals surface area contributed by atoms with Crippen LogP contribution < -0.4 is 5.32 Å². The number of likely N-dealkylation sites (tertiary alicyclic amines) is 1. The van der Waals surface area contributed by atoms with Gasteiger partial charge in [0.2, 0.25) is 0 Å². The van der Waals surface area contributed by atoms with Gasteiger partial charge in [-0.2, -0.15) is 0 Å². The lowest BCUT2D eigenvalue weighted by molar-refractivity contribution is 0.0690. The summed E-state index contributed by atoms with van der Waals surface area (Å²) in [4.78, 5) is 21.2. The van der Waals surface area contributed by atoms with E-state index < -0.39 is 5.97 Å². The molecule has 0 aromatic carbocycles. The minimum atomic E-state index is -1.05. The fourth-order valence-corrected chi connectivity index (χ4v) is 2.63. The molecule has 6 heteroatoms. The van der Waals surface area contributed by atoms with E-state index in [1.165, 1.54) is 51.3 Å². The van der Waals surface area contributed by atoms with Crippen molar-refractivity contribution in [3.05, 3.63) is 18.1 Å². The third kappa shape index (κ3) is 5.26. The average molecular weight is 306 g/mol. The fraction of sp³-hybridized carbons (Fsp3) is 0.688. The molecule has 1 saturated heterocycles. The van der Waals surface area contributed by atoms with E-state index in [9.17, 15) is 4.79 Å². The summed E-state index contributed by atoms with van der Waals surface area (Å²) in [5, 5.41) is 12.0. The van der Waals surface area contributed by atoms with Crippen LogP contribution in [0.3, 0.4) is 0 Å². The lowest BCUT2D eigenvalue weighted by Crippen LogP contribution is -2.36. The van der Waals surface area contributed by atoms with Crippen LogP contribution in [0.5, 0.6) is 0 Å². The summed E-state index contributed by atoms with van der Waals surface area (Å²) in [6.07, 6.45) is 6.45. The quantitative estimate of drug-likeness (QED) is 0.805. The van der Waals surface area contributed by atoms with Crippen molar-refractivity contribution in [1.82, 2.24) is 14.9 Å². The molecule has 122 valence electrons. The van der Waals surface area contributed by atoms with Crippen LogP contribution in [0.1, 0.15) is 43.6 Å². The van der Waals surface area contributed by atoms with E-state index in [0.29, 0.717) is 11.7 Å². The third-order valence-corrected chi connectivity index (χ3v) is 4.17. The second kappa shape index (κ2) is 8.08. The number of piperidine rings is 1. The van der Waals surface area contributed by atoms with Crippen LogP contribution >= 0.6 is 0 Å². The van der Waals surface area contributed by atoms with Crippen LogP contribution in [0.25, 0.3) is 0 Å². The highest BCUT2D eigenvalue weighted by Crippen LogP contribution is 2.18. The summed E-state index contributed by atoms with van der Waals surface area (Å²) in [5.41, 5.74) is -0.0241. The molecule has 0 atom stereocenters. The predicted molar refractivity (Wildman–Crippen MR) is 86.1 cm³/mol. The lowest BCUT2D eigenvalue weighted by atomic mass is 9.96. The number of hydrogen-bond acceptors (Lipinski definition) is 5. The fourth-order valence-electron chi connectivity index (χ4n) is 2.63. The van der Waals surface area contributed by atoms with Crippen LogP contribution in [0, 0.1) is 11.8 Å². The maximum atomic E-state index is 10.7. The maximum Gasteiger partial charge on any atom is 0.356 e. The summed E-state index contributed by atoms with van der Waals surface area (Å²) >= 11 is 0. The second-order valence-corrected chi connectivity index (χ2v) is 6.44. The molecule has 1 aromatic heterocycles. The topological polar surface area (TPSA) is 78.4 Å². The number of rotatable bonds is 7. The molecule has 2 rings (SSSR count). The van der Waals surface area contributed by atoms with Gasteiger partial charge in [0, 0.05) is 6.54 Å². The Morgan fingerprint density at radius 3 is 2.64 bits per heavy atom. The number of carbonyl (C=O) groups is 1. The van der Waals surface area contributed by atoms with Crippen LogP contribution in [-0.4, -0.2) is 52.1 Å². The van der Waals surface area contributed by atoms with Crippen molar-refractivity contribution >= 4 is 11.8 Å². The molecule has 0 unspecified atom stereocenters. The summed E-state index contributed by atoms with van der Waals surface area (Å²) in [6, 6.07) is 0. The molecule has 0 radical (unpaired) electrons. The SMILES string of the molecule is CC(C)CCN1CCC(CNc2cnc(C(=O)O)cn2)CC1. The highest BCUT2D eigenvalue weighted by Gasteiger charge is 2.19. The minimum Gasteiger partial charge on any atom is -0.476 e. The zero-order chi connectivity index (χ0) is 15.9. The Hall–Kier alpha value is -1.69. The van der Waals surface area contributed by atoms with Gasteiger partial charge in [-0.3, -0.25) is 0 Å². The van der Waals surface area contributed by atoms with Gasteiger partial charge in [-0.15, -0.1) is 0 Å². The van der Waals surface area contributed by atoms with Crippen LogP contribution in [-0.2, 0) is 0 Å². The molecule has 1 fully saturated rings. The zero-order valence-corrected chi connectivity index (χ0v) is 13.5. The van der Waals surface area contributed by atoms with Crippen LogP contribution in [0.4, 0.5) is 5.82 Å². The number of nitrogens with zero attached hydrogens (tertiary/aromatic N) is 3. The predicted octanol–water partition coefficient (Wildman–Crippen LogP) is 2.34. The molecule has 0 bridgehead atoms. The van der Waals surface area contributed by atoms with E-state index in [-0.39, 0.29) is 5.69 Å². The molecule has 0 saturated carbocycles. The first-order chi connectivity index (χ1) is 10.5. The van der Waals surface area contributed by atoms with Gasteiger partial charge in [-0.1, -0.05) is 13.8 Å². The molecule has 1 aliphatic rings. The Labute approximate surface area is 132 Å². The Bertz CT molecular complexity index is 468. The molecule has 6 nitrogen and oxygen atoms in total. The van der Waals surface area contributed by atoms with Gasteiger partial charge in [-0.25, -0.2) is 14.8 Å². The number of carboxylic acids is 1. The molecule has 2 heterocycles. The summed E-state index contributed by atoms with van der Waals surface area (Å²) in [6.45, 7) is 8.96. The monoisotopic (exact) mass is 306 g/mol. The minimum absolute atomic E-state index is 0.0241. The number of nitrogens with one attached hydrogen (secondary N) is 1. The number of aromatic nitrogens is 2. The molecule has 1 aliphatic heterocycles.